The van der Waals surface area contributed by atoms with Crippen LogP contribution in [0.15, 0.2) is 0 Å². The molecule has 0 aromatic carbocycles. The maximum atomic E-state index is 0. The second kappa shape index (κ2) is 25.8. The van der Waals surface area contributed by atoms with E-state index in [1.54, 1.807) is 0 Å². The van der Waals surface area contributed by atoms with Crippen molar-refractivity contribution in [2.75, 3.05) is 0 Å². The van der Waals surface area contributed by atoms with Gasteiger partial charge in [0.1, 0.15) is 0 Å². The zero-order valence-electron chi connectivity index (χ0n) is 2.46. The largest absolute Gasteiger partial charge is 0 e. The van der Waals surface area contributed by atoms with Gasteiger partial charge in [-0.15, -0.1) is 0 Å². The monoisotopic (exact) mass is 412 g/mol. The fourth-order valence-corrected chi connectivity index (χ4v) is 0. The van der Waals surface area contributed by atoms with Crippen LogP contribution in [0.2, 0.25) is 0 Å². The second-order valence-corrected chi connectivity index (χ2v) is 0. The Kier molecular flexibility index (Phi) is 200. The Bertz CT molecular complexity index is 11.6. The molecule has 0 rings (SSSR count). The molecule has 0 aromatic heterocycles. The van der Waals surface area contributed by atoms with Gasteiger partial charge in [0.2, 0.25) is 0 Å². The van der Waals surface area contributed by atoms with Crippen molar-refractivity contribution in [2.45, 2.75) is 0 Å². The third-order valence-corrected chi connectivity index (χ3v) is 0. The first-order valence-corrected chi connectivity index (χ1v) is 0. The molecule has 0 aliphatic rings. The zero-order valence-corrected chi connectivity index (χ0v) is 13.6. The van der Waals surface area contributed by atoms with E-state index in [9.17, 15) is 0 Å². The predicted octanol–water partition coefficient (Wildman–Crippen LogP) is -0.926. The summed E-state index contributed by atoms with van der Waals surface area (Å²) in [6.45, 7) is 0. The summed E-state index contributed by atoms with van der Waals surface area (Å²) < 4.78 is 0. The SMILES string of the molecule is [Fe].[Nb].[SnH2].[V].[Zr]. The van der Waals surface area contributed by atoms with Crippen LogP contribution in [0.25, 0.3) is 0 Å². The molecule has 0 nitrogen and oxygen atoms in total. The third kappa shape index (κ3) is 18.5. The minimum absolute atomic E-state index is 0. The van der Waals surface area contributed by atoms with E-state index in [0.717, 1.165) is 0 Å². The molecule has 0 fully saturated rings. The van der Waals surface area contributed by atoms with Crippen molar-refractivity contribution in [3.8, 4) is 0 Å². The van der Waals surface area contributed by atoms with E-state index in [2.05, 4.69) is 0 Å². The van der Waals surface area contributed by atoms with Crippen molar-refractivity contribution in [3.05, 3.63) is 0 Å². The molecule has 0 unspecified atom stereocenters. The van der Waals surface area contributed by atoms with Crippen LogP contribution in [-0.4, -0.2) is 23.9 Å². The van der Waals surface area contributed by atoms with E-state index < -0.39 is 0 Å². The van der Waals surface area contributed by atoms with Crippen LogP contribution in [0.1, 0.15) is 0 Å². The average molecular weight is 412 g/mol. The van der Waals surface area contributed by atoms with Gasteiger partial charge in [-0.05, 0) is 0 Å². The summed E-state index contributed by atoms with van der Waals surface area (Å²) in [6, 6.07) is 0. The van der Waals surface area contributed by atoms with E-state index >= 15 is 0 Å². The minimum Gasteiger partial charge on any atom is 0 e. The minimum atomic E-state index is 0. The summed E-state index contributed by atoms with van der Waals surface area (Å²) in [6.07, 6.45) is 0. The molecule has 0 aromatic rings. The normalized spacial score (nSPS) is 0. The van der Waals surface area contributed by atoms with Crippen molar-refractivity contribution < 1.29 is 84.2 Å². The first-order chi connectivity index (χ1) is 0. The Morgan fingerprint density at radius 2 is 1.00 bits per heavy atom. The van der Waals surface area contributed by atoms with Crippen molar-refractivity contribution in [1.29, 1.82) is 0 Å². The van der Waals surface area contributed by atoms with Crippen LogP contribution < -0.4 is 0 Å². The molecule has 28 valence electrons. The number of hydrogen-bond donors (Lipinski definition) is 0. The summed E-state index contributed by atoms with van der Waals surface area (Å²) in [7, 11) is 0. The number of rotatable bonds is 0. The summed E-state index contributed by atoms with van der Waals surface area (Å²) in [5, 5.41) is 0. The van der Waals surface area contributed by atoms with Crippen molar-refractivity contribution in [2.24, 2.45) is 0 Å². The fourth-order valence-electron chi connectivity index (χ4n) is 0. The third-order valence-electron chi connectivity index (χ3n) is 0. The Morgan fingerprint density at radius 3 is 1.00 bits per heavy atom. The van der Waals surface area contributed by atoms with E-state index in [-0.39, 0.29) is 108 Å². The molecular formula is H2FeNbSnVZr. The molecule has 0 aliphatic heterocycles. The molecule has 0 spiro atoms. The Balaban J connectivity index is 0. The van der Waals surface area contributed by atoms with Gasteiger partial charge < -0.3 is 0 Å². The van der Waals surface area contributed by atoms with E-state index in [1.807, 2.05) is 0 Å². The molecule has 0 atom stereocenters. The molecule has 0 amide bonds. The van der Waals surface area contributed by atoms with E-state index in [0.29, 0.717) is 0 Å². The molecule has 4 radical (unpaired) electrons. The van der Waals surface area contributed by atoms with Gasteiger partial charge in [-0.1, -0.05) is 0 Å². The summed E-state index contributed by atoms with van der Waals surface area (Å²) >= 11 is 0. The average Bonchev–Trinajstić information content (AvgIpc) is 0. The summed E-state index contributed by atoms with van der Waals surface area (Å²) in [5.41, 5.74) is 0. The topological polar surface area (TPSA) is 0 Å². The first kappa shape index (κ1) is 38.8. The van der Waals surface area contributed by atoms with Gasteiger partial charge >= 0.3 is 23.9 Å². The van der Waals surface area contributed by atoms with Crippen LogP contribution in [0.4, 0.5) is 0 Å². The van der Waals surface area contributed by atoms with Gasteiger partial charge in [-0.2, -0.15) is 0 Å². The standard InChI is InChI=1S/Fe.Nb.Sn.V.Zr.2H. The molecule has 0 saturated carbocycles. The second-order valence-electron chi connectivity index (χ2n) is 0. The van der Waals surface area contributed by atoms with Gasteiger partial charge in [0, 0.05) is 84.2 Å². The smallest absolute Gasteiger partial charge is 0 e. The first-order valence-electron chi connectivity index (χ1n) is 0. The molecule has 5 heavy (non-hydrogen) atoms. The molecule has 0 N–H and O–H groups in total. The molecule has 0 bridgehead atoms. The van der Waals surface area contributed by atoms with Crippen LogP contribution in [0.5, 0.6) is 0 Å². The molecule has 0 saturated heterocycles. The maximum Gasteiger partial charge on any atom is 0 e. The summed E-state index contributed by atoms with van der Waals surface area (Å²) in [5.74, 6) is 0. The molecule has 0 heterocycles. The van der Waals surface area contributed by atoms with Crippen molar-refractivity contribution >= 4 is 23.9 Å². The van der Waals surface area contributed by atoms with E-state index in [4.69, 9.17) is 0 Å². The van der Waals surface area contributed by atoms with Crippen LogP contribution in [-0.2, 0) is 84.2 Å². The molecule has 5 heteroatoms. The van der Waals surface area contributed by atoms with Crippen molar-refractivity contribution in [1.82, 2.24) is 0 Å². The van der Waals surface area contributed by atoms with Gasteiger partial charge in [0.25, 0.3) is 0 Å². The Hall–Kier alpha value is 3.53. The van der Waals surface area contributed by atoms with Gasteiger partial charge in [-0.3, -0.25) is 0 Å². The Morgan fingerprint density at radius 1 is 1.00 bits per heavy atom. The number of hydrogen-bond acceptors (Lipinski definition) is 0. The van der Waals surface area contributed by atoms with E-state index in [1.165, 1.54) is 0 Å². The predicted molar refractivity (Wildman–Crippen MR) is 8.54 cm³/mol. The zero-order chi connectivity index (χ0) is 0. The maximum absolute atomic E-state index is 0. The quantitative estimate of drug-likeness (QED) is 0.452. The van der Waals surface area contributed by atoms with Gasteiger partial charge in [0.05, 0.1) is 0 Å². The van der Waals surface area contributed by atoms with Crippen LogP contribution in [0.3, 0.4) is 0 Å². The van der Waals surface area contributed by atoms with Gasteiger partial charge in [0.15, 0.2) is 0 Å². The van der Waals surface area contributed by atoms with Crippen LogP contribution in [0, 0.1) is 0 Å². The summed E-state index contributed by atoms with van der Waals surface area (Å²) in [4.78, 5) is 0. The molecule has 0 aliphatic carbocycles. The van der Waals surface area contributed by atoms with Crippen molar-refractivity contribution in [3.63, 3.8) is 0 Å². The molecular weight excluding hydrogens is 410 g/mol. The fraction of sp³-hybridized carbons (Fsp3) is 0. The van der Waals surface area contributed by atoms with Crippen LogP contribution >= 0.6 is 0 Å². The Labute approximate surface area is 106 Å². The van der Waals surface area contributed by atoms with Gasteiger partial charge in [-0.25, -0.2) is 0 Å².